The van der Waals surface area contributed by atoms with Crippen molar-refractivity contribution in [3.05, 3.63) is 59.7 Å². The van der Waals surface area contributed by atoms with E-state index in [0.29, 0.717) is 132 Å². The average Bonchev–Trinajstić information content (AvgIpc) is 3.53. The first-order valence-corrected chi connectivity index (χ1v) is 20.3. The zero-order chi connectivity index (χ0) is 38.7. The van der Waals surface area contributed by atoms with Gasteiger partial charge in [-0.25, -0.2) is 4.79 Å². The third-order valence-corrected chi connectivity index (χ3v) is 8.65. The van der Waals surface area contributed by atoms with E-state index in [2.05, 4.69) is 29.6 Å². The lowest BCUT2D eigenvalue weighted by Gasteiger charge is -2.14. The van der Waals surface area contributed by atoms with Gasteiger partial charge in [0.2, 0.25) is 0 Å². The van der Waals surface area contributed by atoms with Crippen molar-refractivity contribution in [2.24, 2.45) is 0 Å². The van der Waals surface area contributed by atoms with Crippen LogP contribution in [0.2, 0.25) is 0 Å². The Labute approximate surface area is 332 Å². The van der Waals surface area contributed by atoms with Crippen LogP contribution in [0.1, 0.15) is 42.7 Å². The molecule has 1 N–H and O–H groups in total. The molecule has 55 heavy (non-hydrogen) atoms. The summed E-state index contributed by atoms with van der Waals surface area (Å²) in [7, 11) is 0. The number of benzene rings is 2. The number of halogens is 1. The molecule has 0 fully saturated rings. The van der Waals surface area contributed by atoms with Crippen LogP contribution in [0.3, 0.4) is 0 Å². The number of alkyl halides is 1. The van der Waals surface area contributed by atoms with Crippen LogP contribution < -0.4 is 5.32 Å². The van der Waals surface area contributed by atoms with E-state index in [-0.39, 0.29) is 12.5 Å². The molecule has 14 heteroatoms. The second-order valence-electron chi connectivity index (χ2n) is 12.5. The van der Waals surface area contributed by atoms with Crippen molar-refractivity contribution in [1.82, 2.24) is 5.32 Å². The third kappa shape index (κ3) is 22.8. The highest BCUT2D eigenvalue weighted by molar-refractivity contribution is 6.17. The molecule has 2 aromatic rings. The second kappa shape index (κ2) is 33.7. The van der Waals surface area contributed by atoms with E-state index in [9.17, 15) is 4.79 Å². The minimum absolute atomic E-state index is 0.0375. The van der Waals surface area contributed by atoms with Gasteiger partial charge >= 0.3 is 6.09 Å². The summed E-state index contributed by atoms with van der Waals surface area (Å²) in [4.78, 5) is 12.2. The van der Waals surface area contributed by atoms with E-state index in [1.165, 1.54) is 28.7 Å². The molecule has 0 atom stereocenters. The van der Waals surface area contributed by atoms with Crippen LogP contribution in [0.4, 0.5) is 4.79 Å². The maximum absolute atomic E-state index is 12.2. The van der Waals surface area contributed by atoms with Gasteiger partial charge in [0, 0.05) is 24.9 Å². The summed E-state index contributed by atoms with van der Waals surface area (Å²) in [5, 5.41) is 2.74. The standard InChI is InChI=1S/C41H64ClNO12/c42-13-7-1-2-8-15-45-17-19-47-21-23-49-25-27-51-29-31-53-33-34-54-32-30-52-28-26-50-24-22-48-20-18-46-16-14-43-41(44)55-35-40-38-11-5-3-9-36(38)37-10-4-6-12-39(37)40/h3-6,9-12,40H,1-2,7-8,13-35H2,(H,43,44). The number of rotatable bonds is 38. The first kappa shape index (κ1) is 47.0. The largest absolute Gasteiger partial charge is 0.449 e. The van der Waals surface area contributed by atoms with Crippen LogP contribution in [0.5, 0.6) is 0 Å². The molecular formula is C41H64ClNO12. The normalized spacial score (nSPS) is 12.2. The minimum Gasteiger partial charge on any atom is -0.449 e. The van der Waals surface area contributed by atoms with Gasteiger partial charge in [-0.2, -0.15) is 0 Å². The van der Waals surface area contributed by atoms with Crippen molar-refractivity contribution < 1.29 is 56.9 Å². The van der Waals surface area contributed by atoms with Gasteiger partial charge in [0.1, 0.15) is 6.61 Å². The van der Waals surface area contributed by atoms with E-state index in [1.54, 1.807) is 0 Å². The van der Waals surface area contributed by atoms with E-state index < -0.39 is 6.09 Å². The molecule has 13 nitrogen and oxygen atoms in total. The molecule has 0 saturated heterocycles. The molecule has 312 valence electrons. The van der Waals surface area contributed by atoms with Gasteiger partial charge < -0.3 is 57.4 Å². The Morgan fingerprint density at radius 2 is 0.800 bits per heavy atom. The van der Waals surface area contributed by atoms with Gasteiger partial charge in [-0.15, -0.1) is 11.6 Å². The summed E-state index contributed by atoms with van der Waals surface area (Å²) < 4.78 is 60.6. The molecule has 0 heterocycles. The Bertz CT molecular complexity index is 1170. The first-order valence-electron chi connectivity index (χ1n) is 19.7. The predicted molar refractivity (Wildman–Crippen MR) is 210 cm³/mol. The van der Waals surface area contributed by atoms with Crippen molar-refractivity contribution in [2.75, 3.05) is 151 Å². The molecule has 0 bridgehead atoms. The quantitative estimate of drug-likeness (QED) is 0.0682. The van der Waals surface area contributed by atoms with Crippen LogP contribution in [0.25, 0.3) is 11.1 Å². The fourth-order valence-corrected chi connectivity index (χ4v) is 5.80. The van der Waals surface area contributed by atoms with E-state index >= 15 is 0 Å². The molecule has 3 rings (SSSR count). The second-order valence-corrected chi connectivity index (χ2v) is 12.9. The number of fused-ring (bicyclic) bond motifs is 3. The van der Waals surface area contributed by atoms with Gasteiger partial charge in [-0.1, -0.05) is 61.4 Å². The van der Waals surface area contributed by atoms with Crippen LogP contribution in [0, 0.1) is 0 Å². The van der Waals surface area contributed by atoms with Crippen LogP contribution in [-0.4, -0.2) is 157 Å². The number of alkyl carbamates (subject to hydrolysis) is 1. The van der Waals surface area contributed by atoms with Gasteiger partial charge in [-0.05, 0) is 35.1 Å². The topological polar surface area (TPSA) is 131 Å². The highest BCUT2D eigenvalue weighted by Gasteiger charge is 2.28. The van der Waals surface area contributed by atoms with E-state index in [0.717, 1.165) is 31.7 Å². The monoisotopic (exact) mass is 797 g/mol. The molecule has 1 aliphatic carbocycles. The van der Waals surface area contributed by atoms with Crippen LogP contribution in [0.15, 0.2) is 48.5 Å². The zero-order valence-corrected chi connectivity index (χ0v) is 33.3. The summed E-state index contributed by atoms with van der Waals surface area (Å²) in [5.41, 5.74) is 4.78. The fourth-order valence-electron chi connectivity index (χ4n) is 5.61. The molecule has 0 aliphatic heterocycles. The molecule has 1 aliphatic rings. The smallest absolute Gasteiger partial charge is 0.407 e. The number of unbranched alkanes of at least 4 members (excludes halogenated alkanes) is 3. The van der Waals surface area contributed by atoms with Gasteiger partial charge in [0.25, 0.3) is 0 Å². The van der Waals surface area contributed by atoms with Crippen molar-refractivity contribution in [1.29, 1.82) is 0 Å². The third-order valence-electron chi connectivity index (χ3n) is 8.38. The van der Waals surface area contributed by atoms with E-state index in [4.69, 9.17) is 63.7 Å². The average molecular weight is 798 g/mol. The lowest BCUT2D eigenvalue weighted by molar-refractivity contribution is -0.0264. The van der Waals surface area contributed by atoms with Gasteiger partial charge in [0.05, 0.1) is 126 Å². The minimum atomic E-state index is -0.451. The molecule has 0 aromatic heterocycles. The summed E-state index contributed by atoms with van der Waals surface area (Å²) in [5.74, 6) is 0.777. The molecule has 0 radical (unpaired) electrons. The number of carbonyl (C=O) groups excluding carboxylic acids is 1. The maximum atomic E-state index is 12.2. The van der Waals surface area contributed by atoms with Crippen molar-refractivity contribution in [3.63, 3.8) is 0 Å². The van der Waals surface area contributed by atoms with Crippen LogP contribution >= 0.6 is 11.6 Å². The summed E-state index contributed by atoms with van der Waals surface area (Å²) in [6, 6.07) is 16.5. The van der Waals surface area contributed by atoms with Crippen molar-refractivity contribution in [3.8, 4) is 11.1 Å². The molecular weight excluding hydrogens is 734 g/mol. The molecule has 0 spiro atoms. The number of hydrogen-bond donors (Lipinski definition) is 1. The fraction of sp³-hybridized carbons (Fsp3) is 0.683. The number of nitrogens with one attached hydrogen (secondary N) is 1. The molecule has 0 unspecified atom stereocenters. The predicted octanol–water partition coefficient (Wildman–Crippen LogP) is 5.49. The summed E-state index contributed by atoms with van der Waals surface area (Å²) in [6.07, 6.45) is 4.03. The Morgan fingerprint density at radius 1 is 0.455 bits per heavy atom. The number of amides is 1. The first-order chi connectivity index (χ1) is 27.3. The lowest BCUT2D eigenvalue weighted by atomic mass is 9.98. The van der Waals surface area contributed by atoms with Gasteiger partial charge in [-0.3, -0.25) is 0 Å². The summed E-state index contributed by atoms with van der Waals surface area (Å²) >= 11 is 5.66. The Kier molecular flexibility index (Phi) is 28.8. The zero-order valence-electron chi connectivity index (χ0n) is 32.6. The Balaban J connectivity index is 0.941. The van der Waals surface area contributed by atoms with Crippen molar-refractivity contribution >= 4 is 17.7 Å². The molecule has 2 aromatic carbocycles. The highest BCUT2D eigenvalue weighted by Crippen LogP contribution is 2.44. The SMILES string of the molecule is O=C(NCCOCCOCCOCCOCCOCCOCCOCCOCCOCCOCCCCCCCl)OCC1c2ccccc2-c2ccccc21. The number of ether oxygens (including phenoxy) is 11. The molecule has 0 saturated carbocycles. The van der Waals surface area contributed by atoms with Crippen LogP contribution in [-0.2, 0) is 52.1 Å². The van der Waals surface area contributed by atoms with Crippen molar-refractivity contribution in [2.45, 2.75) is 31.6 Å². The Hall–Kier alpha value is -2.40. The number of hydrogen-bond acceptors (Lipinski definition) is 12. The van der Waals surface area contributed by atoms with Gasteiger partial charge in [0.15, 0.2) is 0 Å². The molecule has 1 amide bonds. The number of carbonyl (C=O) groups is 1. The Morgan fingerprint density at radius 3 is 1.20 bits per heavy atom. The highest BCUT2D eigenvalue weighted by atomic mass is 35.5. The van der Waals surface area contributed by atoms with E-state index in [1.807, 2.05) is 24.3 Å². The lowest BCUT2D eigenvalue weighted by Crippen LogP contribution is -2.29. The summed E-state index contributed by atoms with van der Waals surface area (Å²) in [6.45, 7) is 10.9. The maximum Gasteiger partial charge on any atom is 0.407 e.